The molecule has 0 saturated heterocycles. The maximum Gasteiger partial charge on any atom is 0.178 e. The number of nitrogens with one attached hydrogen (secondary N) is 1. The molecule has 98 valence electrons. The van der Waals surface area contributed by atoms with Gasteiger partial charge >= 0.3 is 0 Å². The second kappa shape index (κ2) is 4.68. The summed E-state index contributed by atoms with van der Waals surface area (Å²) < 4.78 is 3.53. The average molecular weight is 257 g/mol. The highest BCUT2D eigenvalue weighted by atomic mass is 15.4. The van der Waals surface area contributed by atoms with E-state index in [1.165, 1.54) is 5.56 Å². The molecule has 0 radical (unpaired) electrons. The summed E-state index contributed by atoms with van der Waals surface area (Å²) >= 11 is 0. The zero-order valence-corrected chi connectivity index (χ0v) is 10.9. The second-order valence-electron chi connectivity index (χ2n) is 4.43. The van der Waals surface area contributed by atoms with Crippen LogP contribution in [0.25, 0.3) is 5.65 Å². The van der Waals surface area contributed by atoms with Gasteiger partial charge in [-0.2, -0.15) is 9.61 Å². The van der Waals surface area contributed by atoms with Gasteiger partial charge in [-0.15, -0.1) is 15.3 Å². The van der Waals surface area contributed by atoms with Crippen LogP contribution in [0.3, 0.4) is 0 Å². The molecular weight excluding hydrogens is 242 g/mol. The van der Waals surface area contributed by atoms with Crippen LogP contribution in [-0.2, 0) is 13.5 Å². The lowest BCUT2D eigenvalue weighted by atomic mass is 10.2. The van der Waals surface area contributed by atoms with E-state index >= 15 is 0 Å². The quantitative estimate of drug-likeness (QED) is 0.749. The molecule has 19 heavy (non-hydrogen) atoms. The number of hydrogen-bond donors (Lipinski definition) is 1. The molecule has 3 rings (SSSR count). The number of anilines is 1. The third kappa shape index (κ3) is 2.40. The predicted molar refractivity (Wildman–Crippen MR) is 70.9 cm³/mol. The largest absolute Gasteiger partial charge is 0.368 e. The highest BCUT2D eigenvalue weighted by Gasteiger charge is 2.03. The molecule has 0 spiro atoms. The van der Waals surface area contributed by atoms with Crippen LogP contribution < -0.4 is 5.32 Å². The van der Waals surface area contributed by atoms with E-state index in [0.717, 1.165) is 30.3 Å². The van der Waals surface area contributed by atoms with Gasteiger partial charge in [0.1, 0.15) is 5.82 Å². The lowest BCUT2D eigenvalue weighted by molar-refractivity contribution is 0.766. The molecule has 0 atom stereocenters. The molecule has 3 aromatic rings. The highest BCUT2D eigenvalue weighted by Crippen LogP contribution is 2.07. The number of rotatable bonds is 4. The molecule has 0 amide bonds. The Labute approximate surface area is 110 Å². The Morgan fingerprint density at radius 2 is 2.16 bits per heavy atom. The van der Waals surface area contributed by atoms with Gasteiger partial charge < -0.3 is 5.32 Å². The van der Waals surface area contributed by atoms with Crippen LogP contribution in [0.15, 0.2) is 24.5 Å². The molecule has 0 unspecified atom stereocenters. The fraction of sp³-hybridized carbons (Fsp3) is 0.333. The molecule has 3 aromatic heterocycles. The summed E-state index contributed by atoms with van der Waals surface area (Å²) in [6.07, 6.45) is 4.80. The number of nitrogens with zero attached hydrogens (tertiary/aromatic N) is 6. The minimum absolute atomic E-state index is 0.760. The van der Waals surface area contributed by atoms with Crippen molar-refractivity contribution in [3.63, 3.8) is 0 Å². The van der Waals surface area contributed by atoms with Crippen molar-refractivity contribution in [2.24, 2.45) is 7.05 Å². The van der Waals surface area contributed by atoms with Crippen LogP contribution >= 0.6 is 0 Å². The van der Waals surface area contributed by atoms with Crippen molar-refractivity contribution in [2.75, 3.05) is 11.9 Å². The van der Waals surface area contributed by atoms with Crippen molar-refractivity contribution in [1.82, 2.24) is 29.6 Å². The first kappa shape index (κ1) is 11.6. The third-order valence-corrected chi connectivity index (χ3v) is 2.90. The Bertz CT molecular complexity index is 697. The molecule has 0 aliphatic rings. The van der Waals surface area contributed by atoms with Gasteiger partial charge in [-0.25, -0.2) is 0 Å². The van der Waals surface area contributed by atoms with E-state index in [9.17, 15) is 0 Å². The summed E-state index contributed by atoms with van der Waals surface area (Å²) in [6.45, 7) is 2.69. The summed E-state index contributed by atoms with van der Waals surface area (Å²) in [5.41, 5.74) is 1.96. The van der Waals surface area contributed by atoms with Gasteiger partial charge in [-0.05, 0) is 31.0 Å². The monoisotopic (exact) mass is 257 g/mol. The molecule has 7 nitrogen and oxygen atoms in total. The Morgan fingerprint density at radius 1 is 1.26 bits per heavy atom. The molecule has 1 N–H and O–H groups in total. The molecule has 0 aliphatic carbocycles. The van der Waals surface area contributed by atoms with E-state index in [-0.39, 0.29) is 0 Å². The van der Waals surface area contributed by atoms with Gasteiger partial charge in [0.15, 0.2) is 11.5 Å². The number of fused-ring (bicyclic) bond motifs is 1. The molecular formula is C12H15N7. The van der Waals surface area contributed by atoms with Gasteiger partial charge in [0.05, 0.1) is 6.20 Å². The smallest absolute Gasteiger partial charge is 0.178 e. The summed E-state index contributed by atoms with van der Waals surface area (Å²) in [5, 5.41) is 19.8. The Morgan fingerprint density at radius 3 is 2.95 bits per heavy atom. The first-order valence-electron chi connectivity index (χ1n) is 6.13. The second-order valence-corrected chi connectivity index (χ2v) is 4.43. The predicted octanol–water partition coefficient (Wildman–Crippen LogP) is 0.821. The summed E-state index contributed by atoms with van der Waals surface area (Å²) in [4.78, 5) is 0. The van der Waals surface area contributed by atoms with E-state index in [0.29, 0.717) is 0 Å². The summed E-state index contributed by atoms with van der Waals surface area (Å²) in [7, 11) is 1.92. The van der Waals surface area contributed by atoms with Crippen molar-refractivity contribution < 1.29 is 0 Å². The van der Waals surface area contributed by atoms with Crippen molar-refractivity contribution in [3.05, 3.63) is 35.9 Å². The van der Waals surface area contributed by atoms with E-state index in [1.807, 2.05) is 38.5 Å². The van der Waals surface area contributed by atoms with Crippen LogP contribution in [-0.4, -0.2) is 36.1 Å². The molecule has 0 fully saturated rings. The molecule has 0 aliphatic heterocycles. The minimum atomic E-state index is 0.760. The Kier molecular flexibility index (Phi) is 2.86. The minimum Gasteiger partial charge on any atom is -0.368 e. The lowest BCUT2D eigenvalue weighted by Gasteiger charge is -2.04. The standard InChI is InChI=1S/C12H15N7/c1-9-15-16-12-4-3-11(17-19(9)12)13-6-5-10-7-14-18(2)8-10/h3-4,7-8H,5-6H2,1-2H3,(H,13,17). The van der Waals surface area contributed by atoms with Crippen molar-refractivity contribution in [3.8, 4) is 0 Å². The molecule has 0 bridgehead atoms. The maximum absolute atomic E-state index is 4.43. The molecule has 3 heterocycles. The van der Waals surface area contributed by atoms with Crippen molar-refractivity contribution in [2.45, 2.75) is 13.3 Å². The zero-order valence-electron chi connectivity index (χ0n) is 10.9. The number of hydrogen-bond acceptors (Lipinski definition) is 5. The van der Waals surface area contributed by atoms with Crippen LogP contribution in [0.5, 0.6) is 0 Å². The van der Waals surface area contributed by atoms with Gasteiger partial charge in [0.2, 0.25) is 0 Å². The summed E-state index contributed by atoms with van der Waals surface area (Å²) in [6, 6.07) is 3.81. The Balaban J connectivity index is 1.66. The number of aromatic nitrogens is 6. The summed E-state index contributed by atoms with van der Waals surface area (Å²) in [5.74, 6) is 1.60. The van der Waals surface area contributed by atoms with Gasteiger partial charge in [0.25, 0.3) is 0 Å². The van der Waals surface area contributed by atoms with Crippen molar-refractivity contribution in [1.29, 1.82) is 0 Å². The van der Waals surface area contributed by atoms with Gasteiger partial charge in [-0.3, -0.25) is 4.68 Å². The topological polar surface area (TPSA) is 72.9 Å². The first-order valence-corrected chi connectivity index (χ1v) is 6.13. The van der Waals surface area contributed by atoms with Crippen LogP contribution in [0.4, 0.5) is 5.82 Å². The Hall–Kier alpha value is -2.44. The lowest BCUT2D eigenvalue weighted by Crippen LogP contribution is -2.08. The average Bonchev–Trinajstić information content (AvgIpc) is 2.97. The van der Waals surface area contributed by atoms with E-state index < -0.39 is 0 Å². The van der Waals surface area contributed by atoms with E-state index in [1.54, 1.807) is 9.20 Å². The number of aryl methyl sites for hydroxylation is 2. The van der Waals surface area contributed by atoms with E-state index in [4.69, 9.17) is 0 Å². The van der Waals surface area contributed by atoms with Crippen LogP contribution in [0.1, 0.15) is 11.4 Å². The normalized spacial score (nSPS) is 11.1. The van der Waals surface area contributed by atoms with Crippen LogP contribution in [0, 0.1) is 6.92 Å². The molecule has 0 saturated carbocycles. The first-order chi connectivity index (χ1) is 9.22. The van der Waals surface area contributed by atoms with E-state index in [2.05, 4.69) is 25.7 Å². The SMILES string of the molecule is Cc1nnc2ccc(NCCc3cnn(C)c3)nn12. The fourth-order valence-corrected chi connectivity index (χ4v) is 1.93. The van der Waals surface area contributed by atoms with Crippen molar-refractivity contribution >= 4 is 11.5 Å². The third-order valence-electron chi connectivity index (χ3n) is 2.90. The molecule has 7 heteroatoms. The van der Waals surface area contributed by atoms with Gasteiger partial charge in [0, 0.05) is 19.8 Å². The van der Waals surface area contributed by atoms with Gasteiger partial charge in [-0.1, -0.05) is 0 Å². The maximum atomic E-state index is 4.43. The molecule has 0 aromatic carbocycles. The van der Waals surface area contributed by atoms with Crippen LogP contribution in [0.2, 0.25) is 0 Å². The zero-order chi connectivity index (χ0) is 13.2. The fourth-order valence-electron chi connectivity index (χ4n) is 1.93. The highest BCUT2D eigenvalue weighted by molar-refractivity contribution is 5.43.